The third-order valence-electron chi connectivity index (χ3n) is 9.18. The molecule has 0 saturated carbocycles. The van der Waals surface area contributed by atoms with E-state index in [4.69, 9.17) is 14.1 Å². The van der Waals surface area contributed by atoms with Gasteiger partial charge in [0.2, 0.25) is 0 Å². The van der Waals surface area contributed by atoms with E-state index in [1.165, 1.54) is 9.96 Å². The maximum atomic E-state index is 7.69. The molecule has 4 nitrogen and oxygen atoms in total. The Hall–Kier alpha value is -4.72. The monoisotopic (exact) mass is 948 g/mol. The van der Waals surface area contributed by atoms with E-state index >= 15 is 0 Å². The van der Waals surface area contributed by atoms with Crippen LogP contribution in [-0.2, 0) is 26.7 Å². The van der Waals surface area contributed by atoms with Gasteiger partial charge in [-0.3, -0.25) is 9.97 Å². The number of nitrogens with zero attached hydrogens (tertiary/aromatic N) is 4. The van der Waals surface area contributed by atoms with Crippen LogP contribution in [0.4, 0.5) is 0 Å². The molecule has 9 rings (SSSR count). The van der Waals surface area contributed by atoms with Crippen LogP contribution in [0.1, 0.15) is 15.2 Å². The van der Waals surface area contributed by atoms with Gasteiger partial charge < -0.3 is 4.57 Å². The van der Waals surface area contributed by atoms with Crippen molar-refractivity contribution in [1.29, 1.82) is 0 Å². The largest absolute Gasteiger partial charge is 0 e. The first-order valence-electron chi connectivity index (χ1n) is 18.8. The second-order valence-electron chi connectivity index (χ2n) is 13.8. The van der Waals surface area contributed by atoms with Crippen molar-refractivity contribution in [3.8, 4) is 33.9 Å². The smallest absolute Gasteiger partial charge is 0 e. The molecule has 9 aromatic rings. The molecule has 263 valence electrons. The third-order valence-corrected chi connectivity index (χ3v) is 14.7. The van der Waals surface area contributed by atoms with Gasteiger partial charge in [0.05, 0.1) is 27.3 Å². The van der Waals surface area contributed by atoms with E-state index in [1.807, 2.05) is 73.1 Å². The number of benzene rings is 5. The standard InChI is InChI=1S/C32H22N3S.C14H16GeN.Ir/c1-21-14-16-23(17-15-21)29-31-25(18-19-33-29)24-10-7-11-26(30(24)36-31)32-34-27-12-5-6-13-28(27)35(32)20-22-8-3-2-4-9-22;1-15(2,3)13-9-10-14(16-11-13)12-7-5-4-6-8-12;/h2-10,12-19H,20H2,1H3;4-7,9-11H,1-3H3;/q2*-1;/i1D3;;. The first-order valence-corrected chi connectivity index (χ1v) is 25.5. The van der Waals surface area contributed by atoms with Crippen molar-refractivity contribution in [2.24, 2.45) is 0 Å². The number of rotatable bonds is 6. The normalized spacial score (nSPS) is 12.4. The third kappa shape index (κ3) is 7.69. The molecule has 4 aromatic heterocycles. The molecular weight excluding hydrogens is 905 g/mol. The fourth-order valence-electron chi connectivity index (χ4n) is 6.41. The second kappa shape index (κ2) is 15.7. The fraction of sp³-hybridized carbons (Fsp3) is 0.109. The van der Waals surface area contributed by atoms with Crippen LogP contribution in [-0.4, -0.2) is 32.8 Å². The minimum Gasteiger partial charge on any atom is 0 e. The Bertz CT molecular complexity index is 2740. The SMILES string of the molecule is [2H]C([2H])([2H])c1ccc(-c2nccc3c2sc2c(-c4nc5ccccc5n4Cc4ccccc4)[c-]ccc23)cc1.[CH3][Ge]([CH3])([CH3])[c]1ccc(-c2[c-]cccc2)nc1.[Ir]. The Morgan fingerprint density at radius 1 is 0.736 bits per heavy atom. The summed E-state index contributed by atoms with van der Waals surface area (Å²) in [6.07, 6.45) is 3.86. The van der Waals surface area contributed by atoms with Gasteiger partial charge in [-0.1, -0.05) is 83.2 Å². The number of hydrogen-bond donors (Lipinski definition) is 0. The van der Waals surface area contributed by atoms with Gasteiger partial charge in [-0.15, -0.1) is 18.2 Å². The Labute approximate surface area is 335 Å². The first-order chi connectivity index (χ1) is 26.5. The van der Waals surface area contributed by atoms with Crippen LogP contribution in [0.25, 0.3) is 65.1 Å². The molecule has 0 aliphatic rings. The summed E-state index contributed by atoms with van der Waals surface area (Å²) in [5.74, 6) is 8.02. The minimum atomic E-state index is -2.13. The predicted molar refractivity (Wildman–Crippen MR) is 222 cm³/mol. The van der Waals surface area contributed by atoms with Crippen LogP contribution in [0.15, 0.2) is 146 Å². The van der Waals surface area contributed by atoms with Crippen LogP contribution in [0.5, 0.6) is 0 Å². The molecule has 1 radical (unpaired) electrons. The van der Waals surface area contributed by atoms with Crippen molar-refractivity contribution in [3.05, 3.63) is 169 Å². The molecule has 0 fully saturated rings. The van der Waals surface area contributed by atoms with Crippen LogP contribution in [0.2, 0.25) is 17.3 Å². The Morgan fingerprint density at radius 3 is 2.25 bits per heavy atom. The van der Waals surface area contributed by atoms with Gasteiger partial charge in [0, 0.05) is 42.5 Å². The zero-order valence-corrected chi connectivity index (χ0v) is 34.9. The van der Waals surface area contributed by atoms with Crippen molar-refractivity contribution >= 4 is 60.2 Å². The van der Waals surface area contributed by atoms with Gasteiger partial charge in [-0.25, -0.2) is 0 Å². The van der Waals surface area contributed by atoms with E-state index in [-0.39, 0.29) is 20.1 Å². The molecule has 0 spiro atoms. The molecule has 0 saturated heterocycles. The minimum absolute atomic E-state index is 0. The first kappa shape index (κ1) is 32.9. The van der Waals surface area contributed by atoms with Crippen molar-refractivity contribution in [2.75, 3.05) is 0 Å². The molecule has 0 bridgehead atoms. The maximum Gasteiger partial charge on any atom is 0 e. The van der Waals surface area contributed by atoms with E-state index < -0.39 is 20.1 Å². The van der Waals surface area contributed by atoms with E-state index in [9.17, 15) is 0 Å². The van der Waals surface area contributed by atoms with E-state index in [1.54, 1.807) is 23.5 Å². The van der Waals surface area contributed by atoms with Crippen molar-refractivity contribution in [3.63, 3.8) is 0 Å². The average molecular weight is 947 g/mol. The molecule has 0 amide bonds. The molecule has 0 atom stereocenters. The molecular formula is C46H38GeIrN4S-2. The number of aryl methyl sites for hydroxylation is 1. The van der Waals surface area contributed by atoms with Gasteiger partial charge in [0.25, 0.3) is 0 Å². The number of aromatic nitrogens is 4. The number of imidazole rings is 1. The summed E-state index contributed by atoms with van der Waals surface area (Å²) < 4.78 is 29.0. The molecule has 0 aliphatic carbocycles. The Morgan fingerprint density at radius 2 is 1.51 bits per heavy atom. The van der Waals surface area contributed by atoms with Gasteiger partial charge in [0.1, 0.15) is 0 Å². The average Bonchev–Trinajstić information content (AvgIpc) is 3.77. The molecule has 4 heterocycles. The summed E-state index contributed by atoms with van der Waals surface area (Å²) >= 11 is -0.0348. The second-order valence-corrected chi connectivity index (χ2v) is 25.4. The summed E-state index contributed by atoms with van der Waals surface area (Å²) in [7, 11) is 0. The fourth-order valence-corrected chi connectivity index (χ4v) is 9.88. The van der Waals surface area contributed by atoms with E-state index in [0.717, 1.165) is 65.1 Å². The molecule has 0 N–H and O–H groups in total. The Kier molecular flexibility index (Phi) is 9.75. The topological polar surface area (TPSA) is 43.6 Å². The Balaban J connectivity index is 0.000000238. The number of thiophene rings is 1. The zero-order valence-electron chi connectivity index (χ0n) is 32.6. The summed E-state index contributed by atoms with van der Waals surface area (Å²) in [4.78, 5) is 14.3. The number of fused-ring (bicyclic) bond motifs is 4. The zero-order chi connectivity index (χ0) is 38.2. The van der Waals surface area contributed by atoms with E-state index in [0.29, 0.717) is 12.1 Å². The summed E-state index contributed by atoms with van der Waals surface area (Å²) in [6.45, 7) is -1.43. The predicted octanol–water partition coefficient (Wildman–Crippen LogP) is 11.4. The van der Waals surface area contributed by atoms with Crippen LogP contribution in [0, 0.1) is 19.0 Å². The number of hydrogen-bond acceptors (Lipinski definition) is 4. The molecule has 53 heavy (non-hydrogen) atoms. The molecule has 0 aliphatic heterocycles. The summed E-state index contributed by atoms with van der Waals surface area (Å²) in [5.41, 5.74) is 8.33. The van der Waals surface area contributed by atoms with Crippen LogP contribution in [0.3, 0.4) is 0 Å². The van der Waals surface area contributed by atoms with Gasteiger partial charge in [-0.05, 0) is 40.7 Å². The quantitative estimate of drug-likeness (QED) is 0.123. The van der Waals surface area contributed by atoms with Crippen LogP contribution < -0.4 is 4.40 Å². The van der Waals surface area contributed by atoms with Crippen molar-refractivity contribution < 1.29 is 24.2 Å². The van der Waals surface area contributed by atoms with Crippen molar-refractivity contribution in [2.45, 2.75) is 30.7 Å². The number of pyridine rings is 2. The van der Waals surface area contributed by atoms with E-state index in [2.05, 4.69) is 99.6 Å². The summed E-state index contributed by atoms with van der Waals surface area (Å²) in [5, 5.41) is 2.24. The molecule has 7 heteroatoms. The number of para-hydroxylation sites is 2. The van der Waals surface area contributed by atoms with Crippen LogP contribution >= 0.6 is 11.3 Å². The molecule has 5 aromatic carbocycles. The van der Waals surface area contributed by atoms with Gasteiger partial charge in [0.15, 0.2) is 0 Å². The van der Waals surface area contributed by atoms with Gasteiger partial charge in [-0.2, -0.15) is 11.3 Å². The van der Waals surface area contributed by atoms with Crippen molar-refractivity contribution in [1.82, 2.24) is 19.5 Å². The summed E-state index contributed by atoms with van der Waals surface area (Å²) in [6, 6.07) is 50.8. The maximum absolute atomic E-state index is 7.69. The van der Waals surface area contributed by atoms with Gasteiger partial charge >= 0.3 is 99.8 Å². The molecule has 0 unspecified atom stereocenters.